The Morgan fingerprint density at radius 2 is 1.96 bits per heavy atom. The minimum atomic E-state index is -0.180. The maximum absolute atomic E-state index is 13.3. The van der Waals surface area contributed by atoms with Crippen LogP contribution in [0, 0.1) is 5.82 Å². The summed E-state index contributed by atoms with van der Waals surface area (Å²) in [6.45, 7) is 1.68. The lowest BCUT2D eigenvalue weighted by Gasteiger charge is -2.36. The van der Waals surface area contributed by atoms with Crippen LogP contribution < -0.4 is 15.8 Å². The third-order valence-electron chi connectivity index (χ3n) is 5.98. The van der Waals surface area contributed by atoms with E-state index in [1.807, 2.05) is 12.1 Å². The van der Waals surface area contributed by atoms with Crippen molar-refractivity contribution >= 4 is 5.82 Å². The fraction of sp³-hybridized carbons (Fsp3) is 0.524. The molecule has 3 atom stereocenters. The lowest BCUT2D eigenvalue weighted by Crippen LogP contribution is -2.51. The van der Waals surface area contributed by atoms with Crippen LogP contribution in [0.3, 0.4) is 0 Å². The summed E-state index contributed by atoms with van der Waals surface area (Å²) in [5.74, 6) is 0.804. The highest BCUT2D eigenvalue weighted by molar-refractivity contribution is 5.36. The molecular formula is C21H27FN4O. The largest absolute Gasteiger partial charge is 0.350 e. The van der Waals surface area contributed by atoms with Crippen molar-refractivity contribution in [3.05, 3.63) is 58.4 Å². The third-order valence-corrected chi connectivity index (χ3v) is 5.98. The Balaban J connectivity index is 1.45. The van der Waals surface area contributed by atoms with Crippen LogP contribution in [0.25, 0.3) is 0 Å². The average molecular weight is 370 g/mol. The molecule has 1 aliphatic carbocycles. The Kier molecular flexibility index (Phi) is 5.25. The van der Waals surface area contributed by atoms with Gasteiger partial charge in [0.25, 0.3) is 5.56 Å². The molecule has 5 nitrogen and oxygen atoms in total. The molecule has 2 aliphatic rings. The van der Waals surface area contributed by atoms with Crippen molar-refractivity contribution in [2.75, 3.05) is 18.0 Å². The molecule has 2 aromatic rings. The molecule has 1 aliphatic heterocycles. The molecule has 1 aromatic heterocycles. The molecule has 6 heteroatoms. The molecule has 0 amide bonds. The molecule has 1 saturated carbocycles. The van der Waals surface area contributed by atoms with E-state index in [1.165, 1.54) is 12.0 Å². The number of rotatable bonds is 4. The number of nitrogens with zero attached hydrogens (tertiary/aromatic N) is 3. The lowest BCUT2D eigenvalue weighted by atomic mass is 9.92. The zero-order valence-electron chi connectivity index (χ0n) is 15.8. The molecule has 0 bridgehead atoms. The maximum Gasteiger partial charge on any atom is 0.293 e. The van der Waals surface area contributed by atoms with Gasteiger partial charge in [0.15, 0.2) is 5.82 Å². The van der Waals surface area contributed by atoms with Gasteiger partial charge < -0.3 is 14.8 Å². The molecule has 2 fully saturated rings. The van der Waals surface area contributed by atoms with Gasteiger partial charge in [0.05, 0.1) is 0 Å². The van der Waals surface area contributed by atoms with Crippen molar-refractivity contribution in [2.24, 2.45) is 7.05 Å². The maximum atomic E-state index is 13.3. The minimum Gasteiger partial charge on any atom is -0.350 e. The highest BCUT2D eigenvalue weighted by Gasteiger charge is 2.32. The van der Waals surface area contributed by atoms with Gasteiger partial charge in [0, 0.05) is 44.6 Å². The predicted molar refractivity (Wildman–Crippen MR) is 105 cm³/mol. The SMILES string of the molecule is Cn1ccnc(N2CCC[C@H](N[C@@H]3CCC[C@@H]3c3ccc(F)cc3)C2)c1=O. The second kappa shape index (κ2) is 7.80. The molecule has 0 radical (unpaired) electrons. The summed E-state index contributed by atoms with van der Waals surface area (Å²) in [5.41, 5.74) is 1.18. The first kappa shape index (κ1) is 18.2. The van der Waals surface area contributed by atoms with E-state index in [-0.39, 0.29) is 11.4 Å². The van der Waals surface area contributed by atoms with E-state index in [1.54, 1.807) is 36.1 Å². The van der Waals surface area contributed by atoms with E-state index in [4.69, 9.17) is 0 Å². The monoisotopic (exact) mass is 370 g/mol. The van der Waals surface area contributed by atoms with Crippen molar-refractivity contribution in [1.29, 1.82) is 0 Å². The number of aromatic nitrogens is 2. The molecule has 0 unspecified atom stereocenters. The molecule has 0 spiro atoms. The third kappa shape index (κ3) is 3.90. The summed E-state index contributed by atoms with van der Waals surface area (Å²) >= 11 is 0. The Hall–Kier alpha value is -2.21. The quantitative estimate of drug-likeness (QED) is 0.899. The van der Waals surface area contributed by atoms with Crippen LogP contribution in [-0.2, 0) is 7.05 Å². The van der Waals surface area contributed by atoms with Gasteiger partial charge in [-0.1, -0.05) is 18.6 Å². The van der Waals surface area contributed by atoms with E-state index in [2.05, 4.69) is 15.2 Å². The highest BCUT2D eigenvalue weighted by atomic mass is 19.1. The number of hydrogen-bond acceptors (Lipinski definition) is 4. The topological polar surface area (TPSA) is 50.2 Å². The van der Waals surface area contributed by atoms with Gasteiger partial charge in [-0.15, -0.1) is 0 Å². The number of hydrogen-bond donors (Lipinski definition) is 1. The summed E-state index contributed by atoms with van der Waals surface area (Å²) in [5, 5.41) is 3.84. The van der Waals surface area contributed by atoms with Crippen LogP contribution in [0.5, 0.6) is 0 Å². The summed E-state index contributed by atoms with van der Waals surface area (Å²) in [6.07, 6.45) is 9.01. The van der Waals surface area contributed by atoms with Gasteiger partial charge in [-0.2, -0.15) is 0 Å². The standard InChI is InChI=1S/C21H27FN4O/c1-25-13-11-23-20(21(25)27)26-12-3-4-17(14-26)24-19-6-2-5-18(19)15-7-9-16(22)10-8-15/h7-11,13,17-19,24H,2-6,12,14H2,1H3/t17-,18+,19+/m0/s1. The van der Waals surface area contributed by atoms with Crippen LogP contribution in [-0.4, -0.2) is 34.7 Å². The van der Waals surface area contributed by atoms with Crippen LogP contribution in [0.4, 0.5) is 10.2 Å². The highest BCUT2D eigenvalue weighted by Crippen LogP contribution is 2.35. The number of anilines is 1. The number of piperidine rings is 1. The molecule has 1 saturated heterocycles. The number of halogens is 1. The van der Waals surface area contributed by atoms with Crippen molar-refractivity contribution in [2.45, 2.75) is 50.1 Å². The fourth-order valence-electron chi connectivity index (χ4n) is 4.58. The normalized spacial score (nSPS) is 25.7. The Morgan fingerprint density at radius 3 is 2.78 bits per heavy atom. The van der Waals surface area contributed by atoms with Crippen molar-refractivity contribution in [1.82, 2.24) is 14.9 Å². The van der Waals surface area contributed by atoms with Gasteiger partial charge in [0.1, 0.15) is 5.82 Å². The number of benzene rings is 1. The molecule has 1 aromatic carbocycles. The van der Waals surface area contributed by atoms with Crippen molar-refractivity contribution in [3.8, 4) is 0 Å². The van der Waals surface area contributed by atoms with E-state index < -0.39 is 0 Å². The first-order valence-electron chi connectivity index (χ1n) is 9.90. The first-order valence-corrected chi connectivity index (χ1v) is 9.90. The molecular weight excluding hydrogens is 343 g/mol. The molecule has 4 rings (SSSR count). The van der Waals surface area contributed by atoms with E-state index in [0.29, 0.717) is 23.8 Å². The van der Waals surface area contributed by atoms with E-state index >= 15 is 0 Å². The molecule has 2 heterocycles. The lowest BCUT2D eigenvalue weighted by molar-refractivity contribution is 0.357. The minimum absolute atomic E-state index is 0.0387. The molecule has 144 valence electrons. The summed E-state index contributed by atoms with van der Waals surface area (Å²) in [4.78, 5) is 18.8. The Bertz CT molecular complexity index is 835. The van der Waals surface area contributed by atoms with Crippen molar-refractivity contribution in [3.63, 3.8) is 0 Å². The summed E-state index contributed by atoms with van der Waals surface area (Å²) < 4.78 is 14.8. The van der Waals surface area contributed by atoms with E-state index in [9.17, 15) is 9.18 Å². The smallest absolute Gasteiger partial charge is 0.293 e. The summed E-state index contributed by atoms with van der Waals surface area (Å²) in [7, 11) is 1.76. The molecule has 27 heavy (non-hydrogen) atoms. The second-order valence-corrected chi connectivity index (χ2v) is 7.81. The van der Waals surface area contributed by atoms with Crippen LogP contribution in [0.15, 0.2) is 41.5 Å². The Labute approximate surface area is 159 Å². The summed E-state index contributed by atoms with van der Waals surface area (Å²) in [6, 6.07) is 7.71. The zero-order chi connectivity index (χ0) is 18.8. The fourth-order valence-corrected chi connectivity index (χ4v) is 4.58. The molecule has 1 N–H and O–H groups in total. The van der Waals surface area contributed by atoms with Gasteiger partial charge in [-0.05, 0) is 49.3 Å². The van der Waals surface area contributed by atoms with Gasteiger partial charge >= 0.3 is 0 Å². The van der Waals surface area contributed by atoms with Gasteiger partial charge in [0.2, 0.25) is 0 Å². The Morgan fingerprint density at radius 1 is 1.15 bits per heavy atom. The van der Waals surface area contributed by atoms with Gasteiger partial charge in [-0.25, -0.2) is 9.37 Å². The number of aryl methyl sites for hydroxylation is 1. The number of nitrogens with one attached hydrogen (secondary N) is 1. The average Bonchev–Trinajstić information content (AvgIpc) is 3.13. The second-order valence-electron chi connectivity index (χ2n) is 7.81. The first-order chi connectivity index (χ1) is 13.1. The zero-order valence-corrected chi connectivity index (χ0v) is 15.8. The van der Waals surface area contributed by atoms with Crippen LogP contribution >= 0.6 is 0 Å². The predicted octanol–water partition coefficient (Wildman–Crippen LogP) is 2.81. The van der Waals surface area contributed by atoms with Gasteiger partial charge in [-0.3, -0.25) is 4.79 Å². The van der Waals surface area contributed by atoms with Crippen LogP contribution in [0.1, 0.15) is 43.6 Å². The van der Waals surface area contributed by atoms with Crippen molar-refractivity contribution < 1.29 is 4.39 Å². The van der Waals surface area contributed by atoms with Crippen LogP contribution in [0.2, 0.25) is 0 Å². The van der Waals surface area contributed by atoms with E-state index in [0.717, 1.165) is 38.8 Å².